The minimum absolute atomic E-state index is 0.831. The minimum atomic E-state index is 0.831. The zero-order chi connectivity index (χ0) is 10.1. The van der Waals surface area contributed by atoms with Crippen molar-refractivity contribution in [2.24, 2.45) is 7.05 Å². The topological polar surface area (TPSA) is 43.8 Å². The van der Waals surface area contributed by atoms with Crippen molar-refractivity contribution in [3.05, 3.63) is 36.2 Å². The van der Waals surface area contributed by atoms with Gasteiger partial charge in [-0.05, 0) is 30.2 Å². The lowest BCUT2D eigenvalue weighted by atomic mass is 10.1. The number of aryl methyl sites for hydroxylation is 2. The van der Waals surface area contributed by atoms with Crippen LogP contribution < -0.4 is 5.73 Å². The molecule has 0 bridgehead atoms. The van der Waals surface area contributed by atoms with Gasteiger partial charge in [0.15, 0.2) is 0 Å². The van der Waals surface area contributed by atoms with E-state index in [0.29, 0.717) is 0 Å². The molecule has 0 atom stereocenters. The van der Waals surface area contributed by atoms with Crippen LogP contribution in [-0.4, -0.2) is 9.78 Å². The van der Waals surface area contributed by atoms with Gasteiger partial charge in [-0.1, -0.05) is 6.07 Å². The summed E-state index contributed by atoms with van der Waals surface area (Å²) in [6.45, 7) is 2.01. The summed E-state index contributed by atoms with van der Waals surface area (Å²) < 4.78 is 1.79. The Labute approximate surface area is 83.2 Å². The van der Waals surface area contributed by atoms with Crippen LogP contribution in [0.25, 0.3) is 11.1 Å². The zero-order valence-electron chi connectivity index (χ0n) is 8.36. The maximum atomic E-state index is 5.75. The average molecular weight is 187 g/mol. The highest BCUT2D eigenvalue weighted by Crippen LogP contribution is 2.22. The van der Waals surface area contributed by atoms with Crippen LogP contribution in [0, 0.1) is 6.92 Å². The highest BCUT2D eigenvalue weighted by molar-refractivity contribution is 5.66. The maximum Gasteiger partial charge on any atom is 0.0568 e. The highest BCUT2D eigenvalue weighted by atomic mass is 15.2. The van der Waals surface area contributed by atoms with Gasteiger partial charge in [-0.25, -0.2) is 0 Å². The molecular formula is C11H13N3. The molecule has 0 saturated heterocycles. The lowest BCUT2D eigenvalue weighted by Gasteiger charge is -2.02. The maximum absolute atomic E-state index is 5.75. The van der Waals surface area contributed by atoms with Gasteiger partial charge >= 0.3 is 0 Å². The second kappa shape index (κ2) is 3.18. The van der Waals surface area contributed by atoms with Crippen molar-refractivity contribution >= 4 is 5.69 Å². The molecule has 0 aliphatic rings. The number of nitrogen functional groups attached to an aromatic ring is 1. The predicted octanol–water partition coefficient (Wildman–Crippen LogP) is 1.98. The summed E-state index contributed by atoms with van der Waals surface area (Å²) in [5.74, 6) is 0. The van der Waals surface area contributed by atoms with E-state index in [4.69, 9.17) is 5.73 Å². The summed E-state index contributed by atoms with van der Waals surface area (Å²) in [5, 5.41) is 4.13. The van der Waals surface area contributed by atoms with Crippen LogP contribution in [0.15, 0.2) is 30.6 Å². The van der Waals surface area contributed by atoms with Crippen LogP contribution in [-0.2, 0) is 7.05 Å². The molecule has 0 saturated carbocycles. The summed E-state index contributed by atoms with van der Waals surface area (Å²) in [5.41, 5.74) is 9.96. The zero-order valence-corrected chi connectivity index (χ0v) is 8.36. The van der Waals surface area contributed by atoms with Gasteiger partial charge in [-0.2, -0.15) is 5.10 Å². The third kappa shape index (κ3) is 1.48. The fourth-order valence-corrected chi connectivity index (χ4v) is 1.43. The average Bonchev–Trinajstić information content (AvgIpc) is 2.57. The Balaban J connectivity index is 2.47. The summed E-state index contributed by atoms with van der Waals surface area (Å²) >= 11 is 0. The molecule has 0 amide bonds. The van der Waals surface area contributed by atoms with Crippen LogP contribution in [0.3, 0.4) is 0 Å². The molecule has 3 heteroatoms. The first-order valence-electron chi connectivity index (χ1n) is 4.52. The third-order valence-corrected chi connectivity index (χ3v) is 2.31. The van der Waals surface area contributed by atoms with Gasteiger partial charge in [0.25, 0.3) is 0 Å². The number of anilines is 1. The largest absolute Gasteiger partial charge is 0.399 e. The van der Waals surface area contributed by atoms with Crippen LogP contribution in [0.1, 0.15) is 5.56 Å². The molecule has 0 aliphatic heterocycles. The molecule has 0 radical (unpaired) electrons. The molecule has 14 heavy (non-hydrogen) atoms. The predicted molar refractivity (Wildman–Crippen MR) is 57.8 cm³/mol. The Bertz CT molecular complexity index is 457. The normalized spacial score (nSPS) is 10.4. The molecule has 1 aromatic heterocycles. The van der Waals surface area contributed by atoms with Crippen LogP contribution in [0.2, 0.25) is 0 Å². The fourth-order valence-electron chi connectivity index (χ4n) is 1.43. The molecule has 0 fully saturated rings. The molecular weight excluding hydrogens is 174 g/mol. The van der Waals surface area contributed by atoms with Crippen molar-refractivity contribution in [2.75, 3.05) is 5.73 Å². The van der Waals surface area contributed by atoms with Gasteiger partial charge in [0.05, 0.1) is 6.20 Å². The van der Waals surface area contributed by atoms with Crippen LogP contribution >= 0.6 is 0 Å². The first-order valence-corrected chi connectivity index (χ1v) is 4.52. The number of nitrogens with two attached hydrogens (primary N) is 1. The summed E-state index contributed by atoms with van der Waals surface area (Å²) in [7, 11) is 1.91. The van der Waals surface area contributed by atoms with E-state index in [0.717, 1.165) is 22.4 Å². The summed E-state index contributed by atoms with van der Waals surface area (Å²) in [4.78, 5) is 0. The standard InChI is InChI=1S/C11H13N3/c1-8-5-9(3-4-11(8)12)10-6-13-14(2)7-10/h3-7H,12H2,1-2H3. The second-order valence-electron chi connectivity index (χ2n) is 3.47. The number of benzene rings is 1. The smallest absolute Gasteiger partial charge is 0.0568 e. The molecule has 2 rings (SSSR count). The fraction of sp³-hybridized carbons (Fsp3) is 0.182. The van der Waals surface area contributed by atoms with Gasteiger partial charge in [0.2, 0.25) is 0 Å². The lowest BCUT2D eigenvalue weighted by molar-refractivity contribution is 0.768. The van der Waals surface area contributed by atoms with Crippen molar-refractivity contribution in [1.82, 2.24) is 9.78 Å². The van der Waals surface area contributed by atoms with Crippen molar-refractivity contribution in [1.29, 1.82) is 0 Å². The third-order valence-electron chi connectivity index (χ3n) is 2.31. The Morgan fingerprint density at radius 2 is 2.07 bits per heavy atom. The number of nitrogens with zero attached hydrogens (tertiary/aromatic N) is 2. The highest BCUT2D eigenvalue weighted by Gasteiger charge is 2.01. The molecule has 72 valence electrons. The number of aromatic nitrogens is 2. The lowest BCUT2D eigenvalue weighted by Crippen LogP contribution is -1.89. The molecule has 1 aromatic carbocycles. The minimum Gasteiger partial charge on any atom is -0.399 e. The van der Waals surface area contributed by atoms with Crippen molar-refractivity contribution in [3.8, 4) is 11.1 Å². The Kier molecular flexibility index (Phi) is 2.00. The van der Waals surface area contributed by atoms with E-state index in [9.17, 15) is 0 Å². The van der Waals surface area contributed by atoms with E-state index < -0.39 is 0 Å². The number of hydrogen-bond donors (Lipinski definition) is 1. The first kappa shape index (κ1) is 8.81. The molecule has 3 nitrogen and oxygen atoms in total. The van der Waals surface area contributed by atoms with Crippen molar-refractivity contribution in [3.63, 3.8) is 0 Å². The van der Waals surface area contributed by atoms with Gasteiger partial charge in [-0.3, -0.25) is 4.68 Å². The quantitative estimate of drug-likeness (QED) is 0.694. The van der Waals surface area contributed by atoms with Gasteiger partial charge in [-0.15, -0.1) is 0 Å². The molecule has 2 aromatic rings. The second-order valence-corrected chi connectivity index (χ2v) is 3.47. The van der Waals surface area contributed by atoms with E-state index in [1.54, 1.807) is 4.68 Å². The van der Waals surface area contributed by atoms with Gasteiger partial charge in [0, 0.05) is 24.5 Å². The Hall–Kier alpha value is -1.77. The first-order chi connectivity index (χ1) is 6.66. The van der Waals surface area contributed by atoms with E-state index in [1.165, 1.54) is 0 Å². The number of hydrogen-bond acceptors (Lipinski definition) is 2. The molecule has 2 N–H and O–H groups in total. The Morgan fingerprint density at radius 3 is 2.64 bits per heavy atom. The molecule has 0 unspecified atom stereocenters. The van der Waals surface area contributed by atoms with Gasteiger partial charge in [0.1, 0.15) is 0 Å². The van der Waals surface area contributed by atoms with Crippen LogP contribution in [0.4, 0.5) is 5.69 Å². The molecule has 0 spiro atoms. The van der Waals surface area contributed by atoms with E-state index in [2.05, 4.69) is 11.2 Å². The number of rotatable bonds is 1. The van der Waals surface area contributed by atoms with E-state index >= 15 is 0 Å². The van der Waals surface area contributed by atoms with Gasteiger partial charge < -0.3 is 5.73 Å². The van der Waals surface area contributed by atoms with Crippen molar-refractivity contribution < 1.29 is 0 Å². The Morgan fingerprint density at radius 1 is 1.29 bits per heavy atom. The SMILES string of the molecule is Cc1cc(-c2cnn(C)c2)ccc1N. The van der Waals surface area contributed by atoms with Crippen molar-refractivity contribution in [2.45, 2.75) is 6.92 Å². The molecule has 0 aliphatic carbocycles. The molecule has 1 heterocycles. The van der Waals surface area contributed by atoms with Crippen LogP contribution in [0.5, 0.6) is 0 Å². The van der Waals surface area contributed by atoms with E-state index in [-0.39, 0.29) is 0 Å². The summed E-state index contributed by atoms with van der Waals surface area (Å²) in [6.07, 6.45) is 3.84. The summed E-state index contributed by atoms with van der Waals surface area (Å²) in [6, 6.07) is 6.02. The van der Waals surface area contributed by atoms with E-state index in [1.807, 2.05) is 38.5 Å². The monoisotopic (exact) mass is 187 g/mol.